The minimum Gasteiger partial charge on any atom is -0.349 e. The van der Waals surface area contributed by atoms with Crippen LogP contribution < -0.4 is 4.90 Å². The van der Waals surface area contributed by atoms with Crippen molar-refractivity contribution in [2.24, 2.45) is 7.05 Å². The predicted octanol–water partition coefficient (Wildman–Crippen LogP) is 1.98. The summed E-state index contributed by atoms with van der Waals surface area (Å²) in [7, 11) is 4.01. The maximum Gasteiger partial charge on any atom is 0.187 e. The second kappa shape index (κ2) is 4.90. The maximum absolute atomic E-state index is 4.68. The molecular formula is C13H18N6S. The van der Waals surface area contributed by atoms with E-state index in [1.165, 1.54) is 4.70 Å². The van der Waals surface area contributed by atoms with Crippen LogP contribution >= 0.6 is 11.3 Å². The van der Waals surface area contributed by atoms with Crippen molar-refractivity contribution in [3.8, 4) is 0 Å². The fourth-order valence-electron chi connectivity index (χ4n) is 2.23. The average Bonchev–Trinajstić information content (AvgIpc) is 3.07. The number of thiazole rings is 1. The van der Waals surface area contributed by atoms with Gasteiger partial charge in [-0.2, -0.15) is 5.10 Å². The molecule has 3 rings (SSSR count). The summed E-state index contributed by atoms with van der Waals surface area (Å²) in [5, 5.41) is 5.42. The zero-order valence-electron chi connectivity index (χ0n) is 12.2. The van der Waals surface area contributed by atoms with Crippen molar-refractivity contribution in [3.05, 3.63) is 23.9 Å². The van der Waals surface area contributed by atoms with Crippen LogP contribution in [0.5, 0.6) is 0 Å². The molecule has 0 aromatic carbocycles. The fraction of sp³-hybridized carbons (Fsp3) is 0.462. The molecule has 0 saturated carbocycles. The molecule has 6 nitrogen and oxygen atoms in total. The zero-order chi connectivity index (χ0) is 14.3. The van der Waals surface area contributed by atoms with Gasteiger partial charge in [-0.05, 0) is 13.8 Å². The summed E-state index contributed by atoms with van der Waals surface area (Å²) in [6.45, 7) is 5.87. The first-order chi connectivity index (χ1) is 9.56. The highest BCUT2D eigenvalue weighted by Crippen LogP contribution is 2.29. The SMILES string of the molecule is Cc1nn(C)c2nc(N(C)CCn3ccnc3C)sc12. The van der Waals surface area contributed by atoms with Gasteiger partial charge in [-0.15, -0.1) is 0 Å². The second-order valence-corrected chi connectivity index (χ2v) is 5.93. The van der Waals surface area contributed by atoms with Crippen molar-refractivity contribution < 1.29 is 0 Å². The normalized spacial score (nSPS) is 11.4. The molecule has 106 valence electrons. The van der Waals surface area contributed by atoms with E-state index in [1.807, 2.05) is 38.0 Å². The molecule has 0 saturated heterocycles. The molecule has 0 aliphatic carbocycles. The van der Waals surface area contributed by atoms with Crippen molar-refractivity contribution in [2.45, 2.75) is 20.4 Å². The highest BCUT2D eigenvalue weighted by molar-refractivity contribution is 7.22. The first-order valence-electron chi connectivity index (χ1n) is 6.55. The standard InChI is InChI=1S/C13H18N6S/c1-9-11-12(18(4)16-9)15-13(20-11)17(3)7-8-19-6-5-14-10(19)2/h5-6H,7-8H2,1-4H3. The summed E-state index contributed by atoms with van der Waals surface area (Å²) >= 11 is 1.70. The summed E-state index contributed by atoms with van der Waals surface area (Å²) < 4.78 is 5.17. The van der Waals surface area contributed by atoms with Gasteiger partial charge < -0.3 is 9.47 Å². The third kappa shape index (κ3) is 2.18. The van der Waals surface area contributed by atoms with Crippen molar-refractivity contribution >= 4 is 26.8 Å². The molecule has 3 aromatic rings. The van der Waals surface area contributed by atoms with Crippen LogP contribution in [0.1, 0.15) is 11.5 Å². The molecule has 3 aromatic heterocycles. The minimum absolute atomic E-state index is 0.906. The van der Waals surface area contributed by atoms with Crippen LogP contribution in [0.3, 0.4) is 0 Å². The van der Waals surface area contributed by atoms with Crippen molar-refractivity contribution in [3.63, 3.8) is 0 Å². The smallest absolute Gasteiger partial charge is 0.187 e. The van der Waals surface area contributed by atoms with Gasteiger partial charge >= 0.3 is 0 Å². The number of hydrogen-bond acceptors (Lipinski definition) is 5. The quantitative estimate of drug-likeness (QED) is 0.737. The topological polar surface area (TPSA) is 51.8 Å². The van der Waals surface area contributed by atoms with Gasteiger partial charge in [-0.1, -0.05) is 11.3 Å². The Labute approximate surface area is 121 Å². The molecule has 7 heteroatoms. The van der Waals surface area contributed by atoms with E-state index in [4.69, 9.17) is 0 Å². The van der Waals surface area contributed by atoms with E-state index in [-0.39, 0.29) is 0 Å². The van der Waals surface area contributed by atoms with Crippen LogP contribution in [0.2, 0.25) is 0 Å². The number of aryl methyl sites for hydroxylation is 3. The number of aromatic nitrogens is 5. The third-order valence-electron chi connectivity index (χ3n) is 3.46. The number of imidazole rings is 1. The number of fused-ring (bicyclic) bond motifs is 1. The van der Waals surface area contributed by atoms with Crippen LogP contribution in [0.4, 0.5) is 5.13 Å². The van der Waals surface area contributed by atoms with Gasteiger partial charge in [-0.3, -0.25) is 0 Å². The Balaban J connectivity index is 1.77. The molecule has 0 bridgehead atoms. The summed E-state index contributed by atoms with van der Waals surface area (Å²) in [6.07, 6.45) is 3.84. The van der Waals surface area contributed by atoms with E-state index < -0.39 is 0 Å². The molecular weight excluding hydrogens is 272 g/mol. The van der Waals surface area contributed by atoms with Gasteiger partial charge in [0.25, 0.3) is 0 Å². The highest BCUT2D eigenvalue weighted by atomic mass is 32.1. The summed E-state index contributed by atoms with van der Waals surface area (Å²) in [5.41, 5.74) is 2.01. The lowest BCUT2D eigenvalue weighted by Crippen LogP contribution is -2.22. The molecule has 0 aliphatic rings. The fourth-order valence-corrected chi connectivity index (χ4v) is 3.25. The zero-order valence-corrected chi connectivity index (χ0v) is 13.0. The summed E-state index contributed by atoms with van der Waals surface area (Å²) in [6, 6.07) is 0. The van der Waals surface area contributed by atoms with Crippen LogP contribution in [0.25, 0.3) is 10.3 Å². The Kier molecular flexibility index (Phi) is 3.21. The lowest BCUT2D eigenvalue weighted by Gasteiger charge is -2.16. The van der Waals surface area contributed by atoms with Crippen molar-refractivity contribution in [1.82, 2.24) is 24.3 Å². The molecule has 0 spiro atoms. The van der Waals surface area contributed by atoms with Crippen molar-refractivity contribution in [1.29, 1.82) is 0 Å². The third-order valence-corrected chi connectivity index (χ3v) is 4.73. The predicted molar refractivity (Wildman–Crippen MR) is 81.4 cm³/mol. The maximum atomic E-state index is 4.68. The minimum atomic E-state index is 0.906. The number of rotatable bonds is 4. The Morgan fingerprint density at radius 3 is 2.80 bits per heavy atom. The Bertz CT molecular complexity index is 703. The molecule has 0 atom stereocenters. The van der Waals surface area contributed by atoms with E-state index in [0.29, 0.717) is 0 Å². The summed E-state index contributed by atoms with van der Waals surface area (Å²) in [4.78, 5) is 11.1. The second-order valence-electron chi connectivity index (χ2n) is 4.95. The average molecular weight is 290 g/mol. The highest BCUT2D eigenvalue weighted by Gasteiger charge is 2.14. The molecule has 20 heavy (non-hydrogen) atoms. The van der Waals surface area contributed by atoms with E-state index in [1.54, 1.807) is 11.3 Å². The Morgan fingerprint density at radius 1 is 1.35 bits per heavy atom. The molecule has 0 fully saturated rings. The monoisotopic (exact) mass is 290 g/mol. The lowest BCUT2D eigenvalue weighted by atomic mass is 10.5. The first-order valence-corrected chi connectivity index (χ1v) is 7.37. The number of nitrogens with zero attached hydrogens (tertiary/aromatic N) is 6. The van der Waals surface area contributed by atoms with E-state index in [0.717, 1.165) is 35.4 Å². The van der Waals surface area contributed by atoms with Crippen LogP contribution in [-0.2, 0) is 13.6 Å². The van der Waals surface area contributed by atoms with E-state index >= 15 is 0 Å². The lowest BCUT2D eigenvalue weighted by molar-refractivity contribution is 0.663. The van der Waals surface area contributed by atoms with Crippen molar-refractivity contribution in [2.75, 3.05) is 18.5 Å². The number of anilines is 1. The van der Waals surface area contributed by atoms with Gasteiger partial charge in [0, 0.05) is 39.6 Å². The van der Waals surface area contributed by atoms with Gasteiger partial charge in [-0.25, -0.2) is 14.6 Å². The molecule has 3 heterocycles. The number of hydrogen-bond donors (Lipinski definition) is 0. The molecule has 0 amide bonds. The molecule has 0 N–H and O–H groups in total. The molecule has 0 aliphatic heterocycles. The van der Waals surface area contributed by atoms with Gasteiger partial charge in [0.1, 0.15) is 5.82 Å². The van der Waals surface area contributed by atoms with Crippen LogP contribution in [0, 0.1) is 13.8 Å². The number of likely N-dealkylation sites (N-methyl/N-ethyl adjacent to an activating group) is 1. The van der Waals surface area contributed by atoms with Crippen LogP contribution in [0.15, 0.2) is 12.4 Å². The van der Waals surface area contributed by atoms with E-state index in [2.05, 4.69) is 31.6 Å². The Hall–Kier alpha value is -1.89. The summed E-state index contributed by atoms with van der Waals surface area (Å²) in [5.74, 6) is 1.04. The van der Waals surface area contributed by atoms with Gasteiger partial charge in [0.05, 0.1) is 10.4 Å². The first kappa shape index (κ1) is 13.1. The van der Waals surface area contributed by atoms with Crippen LogP contribution in [-0.4, -0.2) is 37.9 Å². The molecule has 0 unspecified atom stereocenters. The Morgan fingerprint density at radius 2 is 2.15 bits per heavy atom. The van der Waals surface area contributed by atoms with Gasteiger partial charge in [0.2, 0.25) is 0 Å². The largest absolute Gasteiger partial charge is 0.349 e. The van der Waals surface area contributed by atoms with Gasteiger partial charge in [0.15, 0.2) is 10.8 Å². The molecule has 0 radical (unpaired) electrons. The van der Waals surface area contributed by atoms with E-state index in [9.17, 15) is 0 Å².